The van der Waals surface area contributed by atoms with E-state index in [-0.39, 0.29) is 12.0 Å². The number of nitrogens with zero attached hydrogens (tertiary/aromatic N) is 1. The van der Waals surface area contributed by atoms with Crippen molar-refractivity contribution < 1.29 is 14.7 Å². The van der Waals surface area contributed by atoms with Gasteiger partial charge in [-0.25, -0.2) is 0 Å². The van der Waals surface area contributed by atoms with Crippen molar-refractivity contribution >= 4 is 17.6 Å². The average molecular weight is 315 g/mol. The Balaban J connectivity index is 2.40. The van der Waals surface area contributed by atoms with Crippen LogP contribution in [0.3, 0.4) is 0 Å². The molecule has 6 nitrogen and oxygen atoms in total. The van der Waals surface area contributed by atoms with Crippen LogP contribution in [-0.4, -0.2) is 23.5 Å². The van der Waals surface area contributed by atoms with Crippen LogP contribution in [0.15, 0.2) is 36.0 Å². The lowest BCUT2D eigenvalue weighted by atomic mass is 10.2. The Kier molecular flexibility index (Phi) is 7.94. The molecule has 0 aliphatic rings. The highest BCUT2D eigenvalue weighted by molar-refractivity contribution is 5.97. The van der Waals surface area contributed by atoms with Crippen LogP contribution < -0.4 is 10.6 Å². The van der Waals surface area contributed by atoms with Crippen molar-refractivity contribution in [3.05, 3.63) is 41.6 Å². The number of nitrogens with one attached hydrogen (secondary N) is 2. The molecule has 3 N–H and O–H groups in total. The van der Waals surface area contributed by atoms with Gasteiger partial charge in [-0.05, 0) is 31.4 Å². The number of hydrogen-bond acceptors (Lipinski definition) is 4. The summed E-state index contributed by atoms with van der Waals surface area (Å²) in [4.78, 5) is 22.2. The number of carbonyl (C=O) groups is 2. The molecule has 0 aromatic heterocycles. The molecule has 1 aromatic carbocycles. The van der Waals surface area contributed by atoms with E-state index >= 15 is 0 Å². The smallest absolute Gasteiger partial charge is 0.303 e. The number of rotatable bonds is 9. The van der Waals surface area contributed by atoms with E-state index < -0.39 is 11.9 Å². The van der Waals surface area contributed by atoms with Gasteiger partial charge in [0.05, 0.1) is 0 Å². The Morgan fingerprint density at radius 1 is 1.26 bits per heavy atom. The first-order valence-corrected chi connectivity index (χ1v) is 7.47. The predicted molar refractivity (Wildman–Crippen MR) is 87.6 cm³/mol. The molecule has 0 atom stereocenters. The largest absolute Gasteiger partial charge is 0.481 e. The zero-order valence-corrected chi connectivity index (χ0v) is 13.1. The summed E-state index contributed by atoms with van der Waals surface area (Å²) in [5, 5.41) is 23.2. The van der Waals surface area contributed by atoms with Gasteiger partial charge in [-0.1, -0.05) is 24.6 Å². The summed E-state index contributed by atoms with van der Waals surface area (Å²) >= 11 is 0. The summed E-state index contributed by atoms with van der Waals surface area (Å²) in [6.45, 7) is 2.35. The summed E-state index contributed by atoms with van der Waals surface area (Å²) in [5.41, 5.74) is 1.85. The van der Waals surface area contributed by atoms with Crippen molar-refractivity contribution in [2.45, 2.75) is 32.6 Å². The topological polar surface area (TPSA) is 102 Å². The molecule has 0 aliphatic heterocycles. The third-order valence-electron chi connectivity index (χ3n) is 3.24. The van der Waals surface area contributed by atoms with Gasteiger partial charge in [-0.15, -0.1) is 0 Å². The van der Waals surface area contributed by atoms with Crippen LogP contribution in [0.1, 0.15) is 31.2 Å². The summed E-state index contributed by atoms with van der Waals surface area (Å²) in [6.07, 6.45) is 3.52. The van der Waals surface area contributed by atoms with Crippen LogP contribution in [0.25, 0.3) is 0 Å². The summed E-state index contributed by atoms with van der Waals surface area (Å²) in [6, 6.07) is 9.44. The van der Waals surface area contributed by atoms with Crippen molar-refractivity contribution in [3.63, 3.8) is 0 Å². The highest BCUT2D eigenvalue weighted by Crippen LogP contribution is 2.13. The first kappa shape index (κ1) is 18.2. The number of aryl methyl sites for hydroxylation is 1. The lowest BCUT2D eigenvalue weighted by Crippen LogP contribution is -2.26. The minimum absolute atomic E-state index is 0.00112. The fraction of sp³-hybridized carbons (Fsp3) is 0.353. The molecule has 0 fully saturated rings. The number of nitriles is 1. The van der Waals surface area contributed by atoms with Crippen molar-refractivity contribution in [1.29, 1.82) is 5.26 Å². The van der Waals surface area contributed by atoms with E-state index in [9.17, 15) is 9.59 Å². The molecule has 122 valence electrons. The van der Waals surface area contributed by atoms with E-state index in [1.54, 1.807) is 0 Å². The average Bonchev–Trinajstić information content (AvgIpc) is 2.52. The molecule has 0 bridgehead atoms. The molecule has 0 aliphatic carbocycles. The van der Waals surface area contributed by atoms with E-state index in [0.29, 0.717) is 19.4 Å². The maximum Gasteiger partial charge on any atom is 0.303 e. The van der Waals surface area contributed by atoms with Gasteiger partial charge in [0.25, 0.3) is 5.91 Å². The number of unbranched alkanes of at least 4 members (excludes halogenated alkanes) is 2. The van der Waals surface area contributed by atoms with Crippen LogP contribution in [0.5, 0.6) is 0 Å². The zero-order valence-electron chi connectivity index (χ0n) is 13.1. The number of benzene rings is 1. The molecule has 23 heavy (non-hydrogen) atoms. The zero-order chi connectivity index (χ0) is 17.1. The van der Waals surface area contributed by atoms with Gasteiger partial charge in [-0.3, -0.25) is 9.59 Å². The summed E-state index contributed by atoms with van der Waals surface area (Å²) in [7, 11) is 0. The molecule has 0 radical (unpaired) electrons. The fourth-order valence-corrected chi connectivity index (χ4v) is 1.91. The van der Waals surface area contributed by atoms with Gasteiger partial charge in [-0.2, -0.15) is 5.26 Å². The van der Waals surface area contributed by atoms with Crippen LogP contribution in [0.2, 0.25) is 0 Å². The van der Waals surface area contributed by atoms with E-state index in [2.05, 4.69) is 10.6 Å². The van der Waals surface area contributed by atoms with Gasteiger partial charge in [0, 0.05) is 24.9 Å². The molecular weight excluding hydrogens is 294 g/mol. The van der Waals surface area contributed by atoms with E-state index in [1.807, 2.05) is 37.3 Å². The van der Waals surface area contributed by atoms with Crippen LogP contribution in [0.4, 0.5) is 5.69 Å². The molecule has 0 heterocycles. The fourth-order valence-electron chi connectivity index (χ4n) is 1.91. The number of aliphatic carboxylic acids is 1. The molecule has 0 spiro atoms. The lowest BCUT2D eigenvalue weighted by Gasteiger charge is -2.06. The normalized spacial score (nSPS) is 10.7. The molecule has 0 saturated carbocycles. The van der Waals surface area contributed by atoms with Gasteiger partial charge in [0.15, 0.2) is 0 Å². The van der Waals surface area contributed by atoms with Gasteiger partial charge < -0.3 is 15.7 Å². The maximum absolute atomic E-state index is 11.9. The number of amides is 1. The van der Waals surface area contributed by atoms with E-state index in [4.69, 9.17) is 10.4 Å². The van der Waals surface area contributed by atoms with E-state index in [0.717, 1.165) is 17.7 Å². The molecule has 1 rings (SSSR count). The third kappa shape index (κ3) is 7.14. The lowest BCUT2D eigenvalue weighted by molar-refractivity contribution is -0.137. The molecule has 0 saturated heterocycles. The number of carboxylic acids is 1. The first-order chi connectivity index (χ1) is 11.0. The number of anilines is 1. The Hall–Kier alpha value is -2.81. The molecule has 1 amide bonds. The van der Waals surface area contributed by atoms with Gasteiger partial charge in [0.1, 0.15) is 11.6 Å². The predicted octanol–water partition coefficient (Wildman–Crippen LogP) is 2.58. The van der Waals surface area contributed by atoms with Gasteiger partial charge in [0.2, 0.25) is 0 Å². The second-order valence-corrected chi connectivity index (χ2v) is 5.09. The number of para-hydroxylation sites is 1. The minimum Gasteiger partial charge on any atom is -0.481 e. The standard InChI is InChI=1S/C17H21N3O3/c1-13-7-4-5-8-15(13)20-12-14(11-18)17(23)19-10-6-2-3-9-16(21)22/h4-5,7-8,12,20H,2-3,6,9-10H2,1H3,(H,19,23)(H,21,22)/b14-12-. The number of hydrogen-bond donors (Lipinski definition) is 3. The third-order valence-corrected chi connectivity index (χ3v) is 3.24. The highest BCUT2D eigenvalue weighted by atomic mass is 16.4. The summed E-state index contributed by atoms with van der Waals surface area (Å²) < 4.78 is 0. The van der Waals surface area contributed by atoms with E-state index in [1.165, 1.54) is 6.20 Å². The Labute approximate surface area is 135 Å². The number of carboxylic acid groups (broad SMARTS) is 1. The Morgan fingerprint density at radius 2 is 2.00 bits per heavy atom. The SMILES string of the molecule is Cc1ccccc1N/C=C(/C#N)C(=O)NCCCCCC(=O)O. The van der Waals surface area contributed by atoms with Crippen molar-refractivity contribution in [3.8, 4) is 6.07 Å². The Bertz CT molecular complexity index is 618. The van der Waals surface area contributed by atoms with Crippen molar-refractivity contribution in [1.82, 2.24) is 5.32 Å². The maximum atomic E-state index is 11.9. The van der Waals surface area contributed by atoms with Crippen molar-refractivity contribution in [2.75, 3.05) is 11.9 Å². The highest BCUT2D eigenvalue weighted by Gasteiger charge is 2.08. The molecular formula is C17H21N3O3. The Morgan fingerprint density at radius 3 is 2.65 bits per heavy atom. The monoisotopic (exact) mass is 315 g/mol. The molecule has 1 aromatic rings. The van der Waals surface area contributed by atoms with Crippen LogP contribution in [0, 0.1) is 18.3 Å². The quantitative estimate of drug-likeness (QED) is 0.369. The van der Waals surface area contributed by atoms with Crippen LogP contribution in [-0.2, 0) is 9.59 Å². The summed E-state index contributed by atoms with van der Waals surface area (Å²) in [5.74, 6) is -1.25. The molecule has 6 heteroatoms. The molecule has 0 unspecified atom stereocenters. The second-order valence-electron chi connectivity index (χ2n) is 5.09. The first-order valence-electron chi connectivity index (χ1n) is 7.47. The van der Waals surface area contributed by atoms with Crippen molar-refractivity contribution in [2.24, 2.45) is 0 Å². The van der Waals surface area contributed by atoms with Gasteiger partial charge >= 0.3 is 5.97 Å². The van der Waals surface area contributed by atoms with Crippen LogP contribution >= 0.6 is 0 Å². The minimum atomic E-state index is -0.814. The second kappa shape index (κ2) is 10.0. The number of carbonyl (C=O) groups excluding carboxylic acids is 1.